The van der Waals surface area contributed by atoms with Crippen molar-refractivity contribution in [3.8, 4) is 28.2 Å². The lowest BCUT2D eigenvalue weighted by atomic mass is 9.99. The van der Waals surface area contributed by atoms with Gasteiger partial charge in [-0.1, -0.05) is 109 Å². The number of thiophene rings is 1. The van der Waals surface area contributed by atoms with Crippen molar-refractivity contribution in [2.24, 2.45) is 0 Å². The first-order valence-electron chi connectivity index (χ1n) is 17.3. The second kappa shape index (κ2) is 11.9. The molecule has 1 atom stereocenters. The van der Waals surface area contributed by atoms with Crippen LogP contribution in [0.5, 0.6) is 0 Å². The molecule has 4 nitrogen and oxygen atoms in total. The van der Waals surface area contributed by atoms with Gasteiger partial charge in [-0.15, -0.1) is 11.3 Å². The number of allylic oxidation sites excluding steroid dienone is 8. The summed E-state index contributed by atoms with van der Waals surface area (Å²) in [5, 5.41) is 5.13. The Kier molecular flexibility index (Phi) is 6.91. The highest BCUT2D eigenvalue weighted by Gasteiger charge is 2.20. The number of hydrogen-bond acceptors (Lipinski definition) is 4. The minimum atomic E-state index is 0.143. The van der Waals surface area contributed by atoms with E-state index in [9.17, 15) is 0 Å². The Balaban J connectivity index is 1.10. The summed E-state index contributed by atoms with van der Waals surface area (Å²) in [5.41, 5.74) is 8.12. The second-order valence-electron chi connectivity index (χ2n) is 13.1. The number of benzene rings is 5. The van der Waals surface area contributed by atoms with Gasteiger partial charge in [-0.05, 0) is 78.4 Å². The van der Waals surface area contributed by atoms with Crippen molar-refractivity contribution in [2.45, 2.75) is 25.2 Å². The van der Waals surface area contributed by atoms with Gasteiger partial charge in [0.05, 0.1) is 11.0 Å². The molecule has 0 radical (unpaired) electrons. The average Bonchev–Trinajstić information content (AvgIpc) is 3.74. The summed E-state index contributed by atoms with van der Waals surface area (Å²) >= 11 is 1.88. The van der Waals surface area contributed by atoms with E-state index in [1.807, 2.05) is 11.3 Å². The van der Waals surface area contributed by atoms with Crippen LogP contribution in [0.2, 0.25) is 0 Å². The number of nitrogens with zero attached hydrogens (tertiary/aromatic N) is 4. The lowest BCUT2D eigenvalue weighted by Crippen LogP contribution is -2.09. The number of rotatable bonds is 5. The van der Waals surface area contributed by atoms with Crippen LogP contribution in [0.3, 0.4) is 0 Å². The van der Waals surface area contributed by atoms with Gasteiger partial charge in [0.2, 0.25) is 0 Å². The molecule has 8 aromatic rings. The Morgan fingerprint density at radius 3 is 2.28 bits per heavy atom. The van der Waals surface area contributed by atoms with Crippen LogP contribution in [0.4, 0.5) is 0 Å². The largest absolute Gasteiger partial charge is 0.309 e. The van der Waals surface area contributed by atoms with Gasteiger partial charge in [-0.2, -0.15) is 0 Å². The van der Waals surface area contributed by atoms with Crippen molar-refractivity contribution in [1.29, 1.82) is 0 Å². The summed E-state index contributed by atoms with van der Waals surface area (Å²) in [7, 11) is 0. The molecule has 238 valence electrons. The fourth-order valence-electron chi connectivity index (χ4n) is 7.54. The lowest BCUT2D eigenvalue weighted by molar-refractivity contribution is 0.754. The van der Waals surface area contributed by atoms with Gasteiger partial charge in [0.25, 0.3) is 0 Å². The van der Waals surface area contributed by atoms with Gasteiger partial charge in [0, 0.05) is 48.1 Å². The zero-order valence-corrected chi connectivity index (χ0v) is 28.1. The molecule has 5 aromatic carbocycles. The molecule has 3 aromatic heterocycles. The van der Waals surface area contributed by atoms with Crippen molar-refractivity contribution < 1.29 is 0 Å². The van der Waals surface area contributed by atoms with Crippen molar-refractivity contribution in [3.05, 3.63) is 163 Å². The molecule has 0 aliphatic heterocycles. The van der Waals surface area contributed by atoms with E-state index in [4.69, 9.17) is 15.0 Å². The average molecular weight is 661 g/mol. The predicted molar refractivity (Wildman–Crippen MR) is 210 cm³/mol. The fourth-order valence-corrected chi connectivity index (χ4v) is 8.78. The molecule has 0 saturated heterocycles. The summed E-state index contributed by atoms with van der Waals surface area (Å²) in [5.74, 6) is 2.47. The molecule has 0 N–H and O–H groups in total. The van der Waals surface area contributed by atoms with Crippen LogP contribution in [0.1, 0.15) is 36.8 Å². The first-order chi connectivity index (χ1) is 24.8. The maximum Gasteiger partial charge on any atom is 0.163 e. The molecule has 3 heterocycles. The predicted octanol–water partition coefficient (Wildman–Crippen LogP) is 12.0. The maximum atomic E-state index is 5.04. The Morgan fingerprint density at radius 1 is 0.620 bits per heavy atom. The summed E-state index contributed by atoms with van der Waals surface area (Å²) in [6.07, 6.45) is 17.8. The summed E-state index contributed by atoms with van der Waals surface area (Å²) in [6.45, 7) is 0. The number of para-hydroxylation sites is 1. The highest BCUT2D eigenvalue weighted by atomic mass is 32.1. The minimum Gasteiger partial charge on any atom is -0.309 e. The smallest absolute Gasteiger partial charge is 0.163 e. The second-order valence-corrected chi connectivity index (χ2v) is 14.1. The van der Waals surface area contributed by atoms with Gasteiger partial charge in [-0.3, -0.25) is 0 Å². The van der Waals surface area contributed by atoms with E-state index in [0.29, 0.717) is 0 Å². The third-order valence-electron chi connectivity index (χ3n) is 10.0. The van der Waals surface area contributed by atoms with E-state index in [1.54, 1.807) is 0 Å². The van der Waals surface area contributed by atoms with E-state index >= 15 is 0 Å². The lowest BCUT2D eigenvalue weighted by Gasteiger charge is -2.16. The Hall–Kier alpha value is -5.91. The molecule has 0 spiro atoms. The summed E-state index contributed by atoms with van der Waals surface area (Å²) in [4.78, 5) is 15.1. The van der Waals surface area contributed by atoms with E-state index in [1.165, 1.54) is 53.1 Å². The van der Waals surface area contributed by atoms with E-state index < -0.39 is 0 Å². The number of hydrogen-bond donors (Lipinski definition) is 0. The molecule has 2 aliphatic carbocycles. The highest BCUT2D eigenvalue weighted by molar-refractivity contribution is 7.26. The van der Waals surface area contributed by atoms with Gasteiger partial charge >= 0.3 is 0 Å². The molecule has 0 bridgehead atoms. The fraction of sp³-hybridized carbons (Fsp3) is 0.0889. The summed E-state index contributed by atoms with van der Waals surface area (Å²) in [6, 6.07) is 39.8. The maximum absolute atomic E-state index is 5.04. The van der Waals surface area contributed by atoms with Crippen LogP contribution in [0.25, 0.3) is 75.8 Å². The van der Waals surface area contributed by atoms with Crippen LogP contribution >= 0.6 is 11.3 Å². The van der Waals surface area contributed by atoms with Crippen LogP contribution < -0.4 is 0 Å². The Morgan fingerprint density at radius 2 is 1.42 bits per heavy atom. The van der Waals surface area contributed by atoms with Gasteiger partial charge in [0.15, 0.2) is 11.6 Å². The Bertz CT molecular complexity index is 2740. The zero-order valence-electron chi connectivity index (χ0n) is 27.3. The normalized spacial score (nSPS) is 15.8. The molecular formula is C45H32N4S. The van der Waals surface area contributed by atoms with Crippen molar-refractivity contribution >= 4 is 58.9 Å². The van der Waals surface area contributed by atoms with Gasteiger partial charge in [0.1, 0.15) is 5.82 Å². The van der Waals surface area contributed by atoms with E-state index in [0.717, 1.165) is 53.6 Å². The van der Waals surface area contributed by atoms with Crippen molar-refractivity contribution in [1.82, 2.24) is 19.5 Å². The molecular weight excluding hydrogens is 629 g/mol. The van der Waals surface area contributed by atoms with Gasteiger partial charge < -0.3 is 4.57 Å². The van der Waals surface area contributed by atoms with Crippen LogP contribution in [-0.4, -0.2) is 19.5 Å². The van der Waals surface area contributed by atoms with Crippen LogP contribution in [-0.2, 0) is 0 Å². The van der Waals surface area contributed by atoms with E-state index in [2.05, 4.69) is 156 Å². The quantitative estimate of drug-likeness (QED) is 0.184. The third-order valence-corrected chi connectivity index (χ3v) is 11.3. The van der Waals surface area contributed by atoms with Crippen molar-refractivity contribution in [3.63, 3.8) is 0 Å². The van der Waals surface area contributed by atoms with Crippen LogP contribution in [0, 0.1) is 0 Å². The third kappa shape index (κ3) is 4.85. The molecule has 2 aliphatic rings. The minimum absolute atomic E-state index is 0.143. The Labute approximate surface area is 294 Å². The number of fused-ring (bicyclic) bond motifs is 6. The first-order valence-corrected chi connectivity index (χ1v) is 18.1. The van der Waals surface area contributed by atoms with E-state index in [-0.39, 0.29) is 5.92 Å². The summed E-state index contributed by atoms with van der Waals surface area (Å²) < 4.78 is 5.05. The molecule has 50 heavy (non-hydrogen) atoms. The van der Waals surface area contributed by atoms with Gasteiger partial charge in [-0.25, -0.2) is 15.0 Å². The molecule has 0 fully saturated rings. The van der Waals surface area contributed by atoms with Crippen LogP contribution in [0.15, 0.2) is 152 Å². The topological polar surface area (TPSA) is 43.6 Å². The molecule has 10 rings (SSSR count). The number of aromatic nitrogens is 4. The SMILES string of the molecule is C1=CCCC(c2nc(-c3ccc(-n4c5ccccc5c5ccc(-c6cccc7c6sc6ccccc67)cc54)cc3)nc(C3C=CC=CC3)n2)=C1. The molecule has 1 unspecified atom stereocenters. The zero-order chi connectivity index (χ0) is 33.0. The molecule has 5 heteroatoms. The highest BCUT2D eigenvalue weighted by Crippen LogP contribution is 2.42. The van der Waals surface area contributed by atoms with Crippen molar-refractivity contribution in [2.75, 3.05) is 0 Å². The molecule has 0 amide bonds. The monoisotopic (exact) mass is 660 g/mol. The first kappa shape index (κ1) is 29.0. The molecule has 0 saturated carbocycles. The standard InChI is InChI=1S/C45H32N4S/c1-3-12-29(13-4-1)43-46-44(30-14-5-2-6-15-30)48-45(47-43)31-22-25-33(26-23-31)49-39-20-9-7-16-35(39)36-27-24-32(28-40(36)49)34-18-11-19-38-37-17-8-10-21-41(37)50-42(34)38/h1-5,7-12,14,16-29H,6,13,15H2.